The average Bonchev–Trinajstić information content (AvgIpc) is 2.59. The summed E-state index contributed by atoms with van der Waals surface area (Å²) in [5, 5.41) is 1.37. The third kappa shape index (κ3) is 1.99. The maximum Gasteiger partial charge on any atom is 0.0457 e. The first-order chi connectivity index (χ1) is 7.50. The second kappa shape index (κ2) is 3.97. The molecule has 0 atom stereocenters. The standard InChI is InChI=1S/C15H21N/c1-11(2)9-15(3,4)13-10-16-14-8-6-5-7-12(13)14/h5-8,10-11,16H,9H2,1-4H3. The lowest BCUT2D eigenvalue weighted by Gasteiger charge is -2.26. The lowest BCUT2D eigenvalue weighted by molar-refractivity contribution is 0.402. The summed E-state index contributed by atoms with van der Waals surface area (Å²) in [5.41, 5.74) is 2.93. The summed E-state index contributed by atoms with van der Waals surface area (Å²) in [6, 6.07) is 8.55. The van der Waals surface area contributed by atoms with Crippen molar-refractivity contribution in [3.63, 3.8) is 0 Å². The molecule has 0 unspecified atom stereocenters. The fraction of sp³-hybridized carbons (Fsp3) is 0.467. The van der Waals surface area contributed by atoms with Crippen molar-refractivity contribution in [2.24, 2.45) is 5.92 Å². The lowest BCUT2D eigenvalue weighted by atomic mass is 9.78. The van der Waals surface area contributed by atoms with E-state index in [2.05, 4.69) is 63.1 Å². The molecule has 0 spiro atoms. The van der Waals surface area contributed by atoms with E-state index in [4.69, 9.17) is 0 Å². The smallest absolute Gasteiger partial charge is 0.0457 e. The fourth-order valence-corrected chi connectivity index (χ4v) is 2.76. The van der Waals surface area contributed by atoms with Gasteiger partial charge >= 0.3 is 0 Å². The third-order valence-electron chi connectivity index (χ3n) is 3.24. The van der Waals surface area contributed by atoms with Crippen LogP contribution in [0.2, 0.25) is 0 Å². The molecule has 2 rings (SSSR count). The van der Waals surface area contributed by atoms with Gasteiger partial charge in [-0.25, -0.2) is 0 Å². The largest absolute Gasteiger partial charge is 0.361 e. The van der Waals surface area contributed by atoms with Crippen molar-refractivity contribution < 1.29 is 0 Å². The highest BCUT2D eigenvalue weighted by molar-refractivity contribution is 5.84. The van der Waals surface area contributed by atoms with Crippen molar-refractivity contribution in [3.8, 4) is 0 Å². The molecule has 1 N–H and O–H groups in total. The SMILES string of the molecule is CC(C)CC(C)(C)c1c[nH]c2ccccc12. The van der Waals surface area contributed by atoms with Gasteiger partial charge in [-0.1, -0.05) is 45.9 Å². The van der Waals surface area contributed by atoms with Gasteiger partial charge in [-0.05, 0) is 29.4 Å². The number of aromatic amines is 1. The van der Waals surface area contributed by atoms with Gasteiger partial charge in [0.15, 0.2) is 0 Å². The van der Waals surface area contributed by atoms with Gasteiger partial charge in [0.2, 0.25) is 0 Å². The Morgan fingerprint density at radius 1 is 1.19 bits per heavy atom. The highest BCUT2D eigenvalue weighted by Gasteiger charge is 2.24. The van der Waals surface area contributed by atoms with Crippen molar-refractivity contribution >= 4 is 10.9 Å². The summed E-state index contributed by atoms with van der Waals surface area (Å²) in [7, 11) is 0. The van der Waals surface area contributed by atoms with E-state index in [1.807, 2.05) is 0 Å². The predicted octanol–water partition coefficient (Wildman–Crippen LogP) is 4.49. The van der Waals surface area contributed by atoms with Crippen molar-refractivity contribution in [2.75, 3.05) is 0 Å². The molecule has 16 heavy (non-hydrogen) atoms. The number of H-pyrrole nitrogens is 1. The minimum absolute atomic E-state index is 0.244. The highest BCUT2D eigenvalue weighted by Crippen LogP contribution is 2.35. The molecular weight excluding hydrogens is 194 g/mol. The number of para-hydroxylation sites is 1. The number of nitrogens with one attached hydrogen (secondary N) is 1. The quantitative estimate of drug-likeness (QED) is 0.776. The monoisotopic (exact) mass is 215 g/mol. The Morgan fingerprint density at radius 3 is 2.56 bits per heavy atom. The number of fused-ring (bicyclic) bond motifs is 1. The van der Waals surface area contributed by atoms with E-state index < -0.39 is 0 Å². The first-order valence-corrected chi connectivity index (χ1v) is 6.07. The van der Waals surface area contributed by atoms with Crippen LogP contribution >= 0.6 is 0 Å². The Hall–Kier alpha value is -1.24. The normalized spacial score (nSPS) is 12.6. The fourth-order valence-electron chi connectivity index (χ4n) is 2.76. The maximum atomic E-state index is 3.37. The number of rotatable bonds is 3. The highest BCUT2D eigenvalue weighted by atomic mass is 14.7. The minimum atomic E-state index is 0.244. The van der Waals surface area contributed by atoms with E-state index >= 15 is 0 Å². The molecule has 0 fully saturated rings. The molecule has 0 aliphatic rings. The zero-order valence-corrected chi connectivity index (χ0v) is 10.7. The molecule has 1 aromatic heterocycles. The zero-order chi connectivity index (χ0) is 11.8. The van der Waals surface area contributed by atoms with Crippen LogP contribution in [0, 0.1) is 5.92 Å². The number of hydrogen-bond donors (Lipinski definition) is 1. The minimum Gasteiger partial charge on any atom is -0.361 e. The van der Waals surface area contributed by atoms with Gasteiger partial charge in [0.05, 0.1) is 0 Å². The van der Waals surface area contributed by atoms with Gasteiger partial charge in [-0.2, -0.15) is 0 Å². The Balaban J connectivity index is 2.46. The van der Waals surface area contributed by atoms with Gasteiger partial charge < -0.3 is 4.98 Å². The Kier molecular flexibility index (Phi) is 2.79. The van der Waals surface area contributed by atoms with Crippen LogP contribution < -0.4 is 0 Å². The molecule has 0 aliphatic carbocycles. The van der Waals surface area contributed by atoms with Crippen molar-refractivity contribution in [1.82, 2.24) is 4.98 Å². The molecule has 0 radical (unpaired) electrons. The topological polar surface area (TPSA) is 15.8 Å². The molecule has 0 saturated heterocycles. The van der Waals surface area contributed by atoms with Crippen molar-refractivity contribution in [1.29, 1.82) is 0 Å². The van der Waals surface area contributed by atoms with Gasteiger partial charge in [0.1, 0.15) is 0 Å². The third-order valence-corrected chi connectivity index (χ3v) is 3.24. The maximum absolute atomic E-state index is 3.37. The van der Waals surface area contributed by atoms with E-state index in [-0.39, 0.29) is 5.41 Å². The number of benzene rings is 1. The molecule has 1 heteroatoms. The zero-order valence-electron chi connectivity index (χ0n) is 10.7. The number of aromatic nitrogens is 1. The summed E-state index contributed by atoms with van der Waals surface area (Å²) < 4.78 is 0. The molecule has 0 saturated carbocycles. The van der Waals surface area contributed by atoms with Crippen LogP contribution in [0.5, 0.6) is 0 Å². The summed E-state index contributed by atoms with van der Waals surface area (Å²) in [6.07, 6.45) is 3.39. The molecule has 1 heterocycles. The molecule has 1 aromatic carbocycles. The van der Waals surface area contributed by atoms with Gasteiger partial charge in [0.25, 0.3) is 0 Å². The Morgan fingerprint density at radius 2 is 1.88 bits per heavy atom. The van der Waals surface area contributed by atoms with Crippen molar-refractivity contribution in [2.45, 2.75) is 39.5 Å². The molecule has 1 nitrogen and oxygen atoms in total. The van der Waals surface area contributed by atoms with Crippen LogP contribution in [0.15, 0.2) is 30.5 Å². The summed E-state index contributed by atoms with van der Waals surface area (Å²) in [6.45, 7) is 9.25. The van der Waals surface area contributed by atoms with Crippen LogP contribution in [-0.2, 0) is 5.41 Å². The summed E-state index contributed by atoms with van der Waals surface area (Å²) >= 11 is 0. The van der Waals surface area contributed by atoms with Crippen LogP contribution in [0.4, 0.5) is 0 Å². The lowest BCUT2D eigenvalue weighted by Crippen LogP contribution is -2.19. The van der Waals surface area contributed by atoms with Gasteiger partial charge in [-0.15, -0.1) is 0 Å². The first kappa shape index (κ1) is 11.3. The van der Waals surface area contributed by atoms with Crippen LogP contribution in [0.3, 0.4) is 0 Å². The van der Waals surface area contributed by atoms with Crippen LogP contribution in [0.25, 0.3) is 10.9 Å². The van der Waals surface area contributed by atoms with Crippen LogP contribution in [0.1, 0.15) is 39.7 Å². The summed E-state index contributed by atoms with van der Waals surface area (Å²) in [4.78, 5) is 3.37. The second-order valence-corrected chi connectivity index (χ2v) is 5.73. The van der Waals surface area contributed by atoms with E-state index in [1.165, 1.54) is 22.9 Å². The molecular formula is C15H21N. The van der Waals surface area contributed by atoms with E-state index in [0.717, 1.165) is 5.92 Å². The molecule has 2 aromatic rings. The van der Waals surface area contributed by atoms with E-state index in [1.54, 1.807) is 0 Å². The number of hydrogen-bond acceptors (Lipinski definition) is 0. The van der Waals surface area contributed by atoms with Gasteiger partial charge in [0, 0.05) is 17.1 Å². The van der Waals surface area contributed by atoms with E-state index in [9.17, 15) is 0 Å². The summed E-state index contributed by atoms with van der Waals surface area (Å²) in [5.74, 6) is 0.726. The van der Waals surface area contributed by atoms with Gasteiger partial charge in [-0.3, -0.25) is 0 Å². The van der Waals surface area contributed by atoms with Crippen LogP contribution in [-0.4, -0.2) is 4.98 Å². The Labute approximate surface area is 97.9 Å². The predicted molar refractivity (Wildman–Crippen MR) is 70.8 cm³/mol. The molecule has 86 valence electrons. The molecule has 0 amide bonds. The average molecular weight is 215 g/mol. The first-order valence-electron chi connectivity index (χ1n) is 6.07. The molecule has 0 aliphatic heterocycles. The van der Waals surface area contributed by atoms with E-state index in [0.29, 0.717) is 0 Å². The molecule has 0 bridgehead atoms. The Bertz CT molecular complexity index is 477. The van der Waals surface area contributed by atoms with Crippen molar-refractivity contribution in [3.05, 3.63) is 36.0 Å². The second-order valence-electron chi connectivity index (χ2n) is 5.73.